The van der Waals surface area contributed by atoms with Gasteiger partial charge in [-0.1, -0.05) is 6.07 Å². The fourth-order valence-electron chi connectivity index (χ4n) is 2.00. The summed E-state index contributed by atoms with van der Waals surface area (Å²) in [6, 6.07) is 6.04. The van der Waals surface area contributed by atoms with E-state index in [1.54, 1.807) is 12.1 Å². The van der Waals surface area contributed by atoms with Gasteiger partial charge in [0.1, 0.15) is 11.3 Å². The Morgan fingerprint density at radius 2 is 2.11 bits per heavy atom. The van der Waals surface area contributed by atoms with Crippen LogP contribution in [0.3, 0.4) is 0 Å². The lowest BCUT2D eigenvalue weighted by Gasteiger charge is -2.00. The number of urea groups is 1. The lowest BCUT2D eigenvalue weighted by Crippen LogP contribution is -2.22. The summed E-state index contributed by atoms with van der Waals surface area (Å²) >= 11 is 0. The third-order valence-corrected chi connectivity index (χ3v) is 2.89. The molecule has 0 radical (unpaired) electrons. The fraction of sp³-hybridized carbons (Fsp3) is 0.167. The zero-order valence-electron chi connectivity index (χ0n) is 9.40. The van der Waals surface area contributed by atoms with Crippen LogP contribution in [0, 0.1) is 0 Å². The molecule has 0 bridgehead atoms. The quantitative estimate of drug-likeness (QED) is 0.681. The molecular formula is C12H11N3O3. The van der Waals surface area contributed by atoms with Crippen LogP contribution in [0.25, 0.3) is 11.0 Å². The number of carbonyl (C=O) groups excluding carboxylic acids is 2. The molecule has 4 N–H and O–H groups in total. The molecule has 1 aromatic carbocycles. The highest BCUT2D eigenvalue weighted by Gasteiger charge is 2.33. The van der Waals surface area contributed by atoms with Crippen molar-refractivity contribution >= 4 is 22.9 Å². The summed E-state index contributed by atoms with van der Waals surface area (Å²) in [7, 11) is 0. The van der Waals surface area contributed by atoms with Gasteiger partial charge in [-0.2, -0.15) is 0 Å². The average molecular weight is 245 g/mol. The lowest BCUT2D eigenvalue weighted by atomic mass is 10.1. The Morgan fingerprint density at radius 3 is 2.78 bits per heavy atom. The minimum atomic E-state index is -0.758. The minimum absolute atomic E-state index is 0.405. The molecule has 0 spiro atoms. The van der Waals surface area contributed by atoms with Gasteiger partial charge in [0, 0.05) is 11.9 Å². The molecule has 1 aromatic heterocycles. The number of hydrogen-bond donors (Lipinski definition) is 3. The maximum absolute atomic E-state index is 11.5. The highest BCUT2D eigenvalue weighted by atomic mass is 16.3. The number of nitrogens with two attached hydrogens (primary N) is 1. The van der Waals surface area contributed by atoms with Gasteiger partial charge in [-0.3, -0.25) is 10.1 Å². The predicted molar refractivity (Wildman–Crippen MR) is 63.5 cm³/mol. The molecule has 3 amide bonds. The number of rotatable bonds is 2. The normalized spacial score (nSPS) is 19.1. The summed E-state index contributed by atoms with van der Waals surface area (Å²) in [4.78, 5) is 22.6. The first kappa shape index (κ1) is 10.8. The van der Waals surface area contributed by atoms with Crippen LogP contribution in [-0.2, 0) is 11.3 Å². The summed E-state index contributed by atoms with van der Waals surface area (Å²) in [5.74, 6) is 0.0145. The van der Waals surface area contributed by atoms with Crippen LogP contribution in [-0.4, -0.2) is 11.9 Å². The number of amides is 3. The molecular weight excluding hydrogens is 234 g/mol. The van der Waals surface area contributed by atoms with Crippen molar-refractivity contribution in [3.63, 3.8) is 0 Å². The van der Waals surface area contributed by atoms with Gasteiger partial charge in [-0.15, -0.1) is 0 Å². The average Bonchev–Trinajstić information content (AvgIpc) is 2.90. The number of furan rings is 1. The molecule has 0 aliphatic carbocycles. The number of fused-ring (bicyclic) bond motifs is 1. The van der Waals surface area contributed by atoms with E-state index in [2.05, 4.69) is 10.6 Å². The molecule has 2 heterocycles. The van der Waals surface area contributed by atoms with Crippen LogP contribution < -0.4 is 16.4 Å². The second-order valence-electron chi connectivity index (χ2n) is 4.12. The molecule has 1 aliphatic heterocycles. The zero-order chi connectivity index (χ0) is 12.7. The summed E-state index contributed by atoms with van der Waals surface area (Å²) < 4.78 is 5.55. The Kier molecular flexibility index (Phi) is 2.31. The maximum atomic E-state index is 11.5. The molecule has 0 saturated carbocycles. The third-order valence-electron chi connectivity index (χ3n) is 2.89. The van der Waals surface area contributed by atoms with Crippen LogP contribution in [0.4, 0.5) is 4.79 Å². The predicted octanol–water partition coefficient (Wildman–Crippen LogP) is 0.772. The Morgan fingerprint density at radius 1 is 1.28 bits per heavy atom. The summed E-state index contributed by atoms with van der Waals surface area (Å²) in [6.07, 6.45) is 0. The van der Waals surface area contributed by atoms with Gasteiger partial charge in [0.25, 0.3) is 5.91 Å². The molecule has 1 fully saturated rings. The van der Waals surface area contributed by atoms with Crippen LogP contribution in [0.5, 0.6) is 0 Å². The molecule has 0 unspecified atom stereocenters. The van der Waals surface area contributed by atoms with Crippen molar-refractivity contribution in [2.24, 2.45) is 5.73 Å². The molecule has 1 atom stereocenters. The first-order valence-corrected chi connectivity index (χ1v) is 5.51. The Bertz CT molecular complexity index is 647. The lowest BCUT2D eigenvalue weighted by molar-refractivity contribution is -0.120. The van der Waals surface area contributed by atoms with Crippen molar-refractivity contribution in [1.29, 1.82) is 0 Å². The molecule has 3 rings (SSSR count). The summed E-state index contributed by atoms with van der Waals surface area (Å²) in [6.45, 7) is 0.442. The van der Waals surface area contributed by atoms with Crippen molar-refractivity contribution in [3.8, 4) is 0 Å². The standard InChI is InChI=1S/C12H11N3O3/c13-5-6-1-2-8-7(3-6)4-9(18-8)10-11(16)15-12(17)14-10/h1-4,10H,5,13H2,(H2,14,15,16,17)/t10-/m0/s1. The molecule has 2 aromatic rings. The zero-order valence-corrected chi connectivity index (χ0v) is 9.40. The minimum Gasteiger partial charge on any atom is -0.458 e. The largest absolute Gasteiger partial charge is 0.458 e. The van der Waals surface area contributed by atoms with Crippen LogP contribution in [0.1, 0.15) is 17.4 Å². The van der Waals surface area contributed by atoms with E-state index in [1.165, 1.54) is 0 Å². The monoisotopic (exact) mass is 245 g/mol. The van der Waals surface area contributed by atoms with E-state index in [1.807, 2.05) is 12.1 Å². The van der Waals surface area contributed by atoms with Crippen molar-refractivity contribution in [3.05, 3.63) is 35.6 Å². The molecule has 18 heavy (non-hydrogen) atoms. The topological polar surface area (TPSA) is 97.4 Å². The Balaban J connectivity index is 2.03. The molecule has 1 aliphatic rings. The van der Waals surface area contributed by atoms with E-state index in [0.29, 0.717) is 17.9 Å². The van der Waals surface area contributed by atoms with Gasteiger partial charge in [-0.05, 0) is 23.8 Å². The van der Waals surface area contributed by atoms with Crippen LogP contribution >= 0.6 is 0 Å². The van der Waals surface area contributed by atoms with E-state index in [-0.39, 0.29) is 0 Å². The number of imide groups is 1. The van der Waals surface area contributed by atoms with Crippen LogP contribution in [0.2, 0.25) is 0 Å². The highest BCUT2D eigenvalue weighted by molar-refractivity contribution is 6.04. The van der Waals surface area contributed by atoms with Gasteiger partial charge in [0.05, 0.1) is 0 Å². The van der Waals surface area contributed by atoms with Crippen molar-refractivity contribution in [2.45, 2.75) is 12.6 Å². The number of benzene rings is 1. The molecule has 92 valence electrons. The van der Waals surface area contributed by atoms with Gasteiger partial charge >= 0.3 is 6.03 Å². The smallest absolute Gasteiger partial charge is 0.322 e. The van der Waals surface area contributed by atoms with E-state index in [0.717, 1.165) is 10.9 Å². The Labute approximate surface area is 102 Å². The molecule has 1 saturated heterocycles. The second-order valence-corrected chi connectivity index (χ2v) is 4.12. The molecule has 6 heteroatoms. The third kappa shape index (κ3) is 1.63. The number of carbonyl (C=O) groups is 2. The van der Waals surface area contributed by atoms with E-state index in [9.17, 15) is 9.59 Å². The molecule has 6 nitrogen and oxygen atoms in total. The Hall–Kier alpha value is -2.34. The summed E-state index contributed by atoms with van der Waals surface area (Å²) in [5, 5.41) is 5.52. The SMILES string of the molecule is NCc1ccc2oc([C@@H]3NC(=O)NC3=O)cc2c1. The van der Waals surface area contributed by atoms with Crippen molar-refractivity contribution in [2.75, 3.05) is 0 Å². The maximum Gasteiger partial charge on any atom is 0.322 e. The second kappa shape index (κ2) is 3.85. The number of nitrogens with one attached hydrogen (secondary N) is 2. The van der Waals surface area contributed by atoms with Gasteiger partial charge in [0.2, 0.25) is 0 Å². The van der Waals surface area contributed by atoms with E-state index in [4.69, 9.17) is 10.2 Å². The van der Waals surface area contributed by atoms with Crippen LogP contribution in [0.15, 0.2) is 28.7 Å². The van der Waals surface area contributed by atoms with Crippen molar-refractivity contribution in [1.82, 2.24) is 10.6 Å². The number of hydrogen-bond acceptors (Lipinski definition) is 4. The van der Waals surface area contributed by atoms with Crippen molar-refractivity contribution < 1.29 is 14.0 Å². The van der Waals surface area contributed by atoms with Gasteiger partial charge in [0.15, 0.2) is 6.04 Å². The van der Waals surface area contributed by atoms with Gasteiger partial charge in [-0.25, -0.2) is 4.79 Å². The first-order chi connectivity index (χ1) is 8.67. The first-order valence-electron chi connectivity index (χ1n) is 5.51. The van der Waals surface area contributed by atoms with E-state index < -0.39 is 18.0 Å². The summed E-state index contributed by atoms with van der Waals surface area (Å²) in [5.41, 5.74) is 7.20. The van der Waals surface area contributed by atoms with E-state index >= 15 is 0 Å². The van der Waals surface area contributed by atoms with Gasteiger partial charge < -0.3 is 15.5 Å². The fourth-order valence-corrected chi connectivity index (χ4v) is 2.00. The highest BCUT2D eigenvalue weighted by Crippen LogP contribution is 2.26.